The minimum absolute atomic E-state index is 0.0351. The van der Waals surface area contributed by atoms with E-state index in [1.807, 2.05) is 6.07 Å². The van der Waals surface area contributed by atoms with E-state index >= 15 is 0 Å². The highest BCUT2D eigenvalue weighted by Crippen LogP contribution is 2.28. The van der Waals surface area contributed by atoms with Gasteiger partial charge in [-0.3, -0.25) is 10.1 Å². The minimum atomic E-state index is -0.452. The summed E-state index contributed by atoms with van der Waals surface area (Å²) in [5.74, 6) is 0. The Morgan fingerprint density at radius 1 is 1.25 bits per heavy atom. The van der Waals surface area contributed by atoms with Crippen LogP contribution in [0.2, 0.25) is 5.02 Å². The van der Waals surface area contributed by atoms with Gasteiger partial charge in [0.25, 0.3) is 5.69 Å². The number of hydrogen-bond acceptors (Lipinski definition) is 3. The van der Waals surface area contributed by atoms with Gasteiger partial charge in [-0.25, -0.2) is 0 Å². The van der Waals surface area contributed by atoms with Gasteiger partial charge in [0, 0.05) is 18.2 Å². The maximum absolute atomic E-state index is 10.9. The molecular weight excluding hydrogens is 276 g/mol. The molecular formula is C15H23ClN2O2. The van der Waals surface area contributed by atoms with Gasteiger partial charge in [-0.1, -0.05) is 38.4 Å². The van der Waals surface area contributed by atoms with Crippen molar-refractivity contribution in [1.29, 1.82) is 0 Å². The molecule has 0 unspecified atom stereocenters. The normalized spacial score (nSPS) is 12.5. The Hall–Kier alpha value is -1.13. The third-order valence-electron chi connectivity index (χ3n) is 2.95. The fourth-order valence-corrected chi connectivity index (χ4v) is 2.72. The lowest BCUT2D eigenvalue weighted by molar-refractivity contribution is -0.384. The Morgan fingerprint density at radius 2 is 1.85 bits per heavy atom. The zero-order valence-corrected chi connectivity index (χ0v) is 13.5. The van der Waals surface area contributed by atoms with Gasteiger partial charge in [0.2, 0.25) is 0 Å². The monoisotopic (exact) mass is 298 g/mol. The number of nitrogens with zero attached hydrogens (tertiary/aromatic N) is 1. The zero-order valence-electron chi connectivity index (χ0n) is 12.8. The van der Waals surface area contributed by atoms with Crippen molar-refractivity contribution in [2.45, 2.75) is 53.1 Å². The molecule has 1 aromatic carbocycles. The van der Waals surface area contributed by atoms with Gasteiger partial charge in [0.1, 0.15) is 5.02 Å². The van der Waals surface area contributed by atoms with Crippen LogP contribution >= 0.6 is 11.6 Å². The van der Waals surface area contributed by atoms with Crippen molar-refractivity contribution in [3.63, 3.8) is 0 Å². The molecule has 20 heavy (non-hydrogen) atoms. The van der Waals surface area contributed by atoms with Crippen LogP contribution in [0.1, 0.15) is 46.6 Å². The van der Waals surface area contributed by atoms with Crippen LogP contribution in [0.4, 0.5) is 5.69 Å². The molecule has 0 radical (unpaired) electrons. The van der Waals surface area contributed by atoms with Crippen molar-refractivity contribution in [2.24, 2.45) is 5.41 Å². The number of nitro benzene ring substituents is 1. The summed E-state index contributed by atoms with van der Waals surface area (Å²) >= 11 is 5.81. The van der Waals surface area contributed by atoms with Crippen molar-refractivity contribution < 1.29 is 4.92 Å². The molecule has 0 spiro atoms. The molecule has 4 nitrogen and oxygen atoms in total. The standard InChI is InChI=1S/C15H23ClN2O2/c1-14(2,3)10-15(4,5)17-9-11-6-7-12(16)13(8-11)18(19)20/h6-8,17H,9-10H2,1-5H3. The summed E-state index contributed by atoms with van der Waals surface area (Å²) < 4.78 is 0. The second-order valence-electron chi connectivity index (χ2n) is 7.02. The molecule has 0 aliphatic carbocycles. The molecule has 0 aliphatic heterocycles. The number of halogens is 1. The van der Waals surface area contributed by atoms with Crippen LogP contribution in [0, 0.1) is 15.5 Å². The van der Waals surface area contributed by atoms with Crippen molar-refractivity contribution in [1.82, 2.24) is 5.32 Å². The number of benzene rings is 1. The van der Waals surface area contributed by atoms with E-state index < -0.39 is 4.92 Å². The number of nitrogens with one attached hydrogen (secondary N) is 1. The summed E-state index contributed by atoms with van der Waals surface area (Å²) in [6, 6.07) is 4.92. The van der Waals surface area contributed by atoms with Gasteiger partial charge in [0.15, 0.2) is 0 Å². The average molecular weight is 299 g/mol. The Balaban J connectivity index is 2.75. The van der Waals surface area contributed by atoms with E-state index in [1.54, 1.807) is 6.07 Å². The molecule has 0 saturated heterocycles. The lowest BCUT2D eigenvalue weighted by atomic mass is 9.82. The summed E-state index contributed by atoms with van der Waals surface area (Å²) in [6.45, 7) is 11.5. The summed E-state index contributed by atoms with van der Waals surface area (Å²) in [7, 11) is 0. The van der Waals surface area contributed by atoms with Gasteiger partial charge in [0.05, 0.1) is 4.92 Å². The number of hydrogen-bond donors (Lipinski definition) is 1. The van der Waals surface area contributed by atoms with E-state index in [0.717, 1.165) is 12.0 Å². The SMILES string of the molecule is CC(C)(C)CC(C)(C)NCc1ccc(Cl)c([N+](=O)[O-])c1. The van der Waals surface area contributed by atoms with Crippen LogP contribution in [0.15, 0.2) is 18.2 Å². The molecule has 1 rings (SSSR count). The van der Waals surface area contributed by atoms with Gasteiger partial charge in [-0.2, -0.15) is 0 Å². The predicted octanol–water partition coefficient (Wildman–Crippen LogP) is 4.55. The molecule has 0 saturated carbocycles. The Morgan fingerprint density at radius 3 is 2.35 bits per heavy atom. The molecule has 1 N–H and O–H groups in total. The first-order chi connectivity index (χ1) is 9.00. The van der Waals surface area contributed by atoms with Gasteiger partial charge in [-0.15, -0.1) is 0 Å². The lowest BCUT2D eigenvalue weighted by Crippen LogP contribution is -2.41. The van der Waals surface area contributed by atoms with E-state index in [9.17, 15) is 10.1 Å². The fraction of sp³-hybridized carbons (Fsp3) is 0.600. The summed E-state index contributed by atoms with van der Waals surface area (Å²) in [6.07, 6.45) is 1.01. The largest absolute Gasteiger partial charge is 0.308 e. The zero-order chi connectivity index (χ0) is 15.6. The molecule has 0 atom stereocenters. The Kier molecular flexibility index (Phi) is 5.16. The topological polar surface area (TPSA) is 55.2 Å². The van der Waals surface area contributed by atoms with E-state index in [0.29, 0.717) is 6.54 Å². The molecule has 0 amide bonds. The summed E-state index contributed by atoms with van der Waals surface area (Å²) in [4.78, 5) is 10.4. The average Bonchev–Trinajstić information content (AvgIpc) is 2.24. The molecule has 0 bridgehead atoms. The third-order valence-corrected chi connectivity index (χ3v) is 3.27. The van der Waals surface area contributed by atoms with Gasteiger partial charge in [-0.05, 0) is 37.3 Å². The second-order valence-corrected chi connectivity index (χ2v) is 7.42. The van der Waals surface area contributed by atoms with E-state index in [1.165, 1.54) is 6.07 Å². The molecule has 0 aliphatic rings. The maximum Gasteiger partial charge on any atom is 0.288 e. The van der Waals surface area contributed by atoms with Crippen LogP contribution < -0.4 is 5.32 Å². The van der Waals surface area contributed by atoms with E-state index in [-0.39, 0.29) is 21.7 Å². The molecule has 1 aromatic rings. The number of nitro groups is 1. The highest BCUT2D eigenvalue weighted by atomic mass is 35.5. The van der Waals surface area contributed by atoms with Crippen molar-refractivity contribution in [2.75, 3.05) is 0 Å². The first-order valence-corrected chi connectivity index (χ1v) is 7.06. The van der Waals surface area contributed by atoms with Gasteiger partial charge >= 0.3 is 0 Å². The highest BCUT2D eigenvalue weighted by molar-refractivity contribution is 6.32. The Bertz CT molecular complexity index is 493. The van der Waals surface area contributed by atoms with Crippen molar-refractivity contribution in [3.05, 3.63) is 38.9 Å². The molecule has 0 heterocycles. The smallest absolute Gasteiger partial charge is 0.288 e. The Labute approximate surface area is 125 Å². The quantitative estimate of drug-likeness (QED) is 0.641. The van der Waals surface area contributed by atoms with Crippen LogP contribution in [0.25, 0.3) is 0 Å². The highest BCUT2D eigenvalue weighted by Gasteiger charge is 2.25. The van der Waals surface area contributed by atoms with E-state index in [2.05, 4.69) is 39.9 Å². The predicted molar refractivity (Wildman–Crippen MR) is 83.1 cm³/mol. The maximum atomic E-state index is 10.9. The van der Waals surface area contributed by atoms with Crippen molar-refractivity contribution >= 4 is 17.3 Å². The molecule has 0 aromatic heterocycles. The van der Waals surface area contributed by atoms with Gasteiger partial charge < -0.3 is 5.32 Å². The van der Waals surface area contributed by atoms with E-state index in [4.69, 9.17) is 11.6 Å². The minimum Gasteiger partial charge on any atom is -0.308 e. The first kappa shape index (κ1) is 16.9. The van der Waals surface area contributed by atoms with Crippen LogP contribution in [0.3, 0.4) is 0 Å². The first-order valence-electron chi connectivity index (χ1n) is 6.68. The van der Waals surface area contributed by atoms with Crippen LogP contribution in [-0.2, 0) is 6.54 Å². The summed E-state index contributed by atoms with van der Waals surface area (Å²) in [5, 5.41) is 14.5. The molecule has 5 heteroatoms. The molecule has 112 valence electrons. The number of rotatable bonds is 5. The lowest BCUT2D eigenvalue weighted by Gasteiger charge is -2.33. The fourth-order valence-electron chi connectivity index (χ4n) is 2.54. The third kappa shape index (κ3) is 5.47. The van der Waals surface area contributed by atoms with Crippen molar-refractivity contribution in [3.8, 4) is 0 Å². The van der Waals surface area contributed by atoms with Crippen LogP contribution in [-0.4, -0.2) is 10.5 Å². The van der Waals surface area contributed by atoms with Crippen LogP contribution in [0.5, 0.6) is 0 Å². The molecule has 0 fully saturated rings. The second kappa shape index (κ2) is 6.10. The summed E-state index contributed by atoms with van der Waals surface area (Å²) in [5.41, 5.74) is 1.01.